The molecule has 3 saturated heterocycles. The smallest absolute Gasteiger partial charge is 0.319 e. The average Bonchev–Trinajstić information content (AvgIpc) is 3.70. The number of fused-ring (bicyclic) bond motifs is 4. The maximum atomic E-state index is 16.7. The van der Waals surface area contributed by atoms with Gasteiger partial charge in [-0.15, -0.1) is 0 Å². The molecule has 1 aromatic heterocycles. The van der Waals surface area contributed by atoms with Crippen molar-refractivity contribution in [2.45, 2.75) is 56.5 Å². The number of alkyl halides is 2. The molecule has 46 heavy (non-hydrogen) atoms. The first kappa shape index (κ1) is 29.6. The fraction of sp³-hybridized carbons (Fsp3) is 0.471. The van der Waals surface area contributed by atoms with E-state index in [-0.39, 0.29) is 76.2 Å². The number of benzene rings is 3. The van der Waals surface area contributed by atoms with Gasteiger partial charge in [0.2, 0.25) is 0 Å². The van der Waals surface area contributed by atoms with E-state index in [0.29, 0.717) is 43.8 Å². The summed E-state index contributed by atoms with van der Waals surface area (Å²) in [5, 5.41) is 14.5. The minimum atomic E-state index is -2.70. The number of anilines is 1. The summed E-state index contributed by atoms with van der Waals surface area (Å²) >= 11 is 0. The second-order valence-electron chi connectivity index (χ2n) is 13.6. The molecule has 4 aromatic rings. The predicted octanol–water partition coefficient (Wildman–Crippen LogP) is 6.40. The lowest BCUT2D eigenvalue weighted by Crippen LogP contribution is -2.51. The van der Waals surface area contributed by atoms with Crippen LogP contribution >= 0.6 is 0 Å². The van der Waals surface area contributed by atoms with Gasteiger partial charge in [-0.25, -0.2) is 22.0 Å². The van der Waals surface area contributed by atoms with Crippen LogP contribution in [0.4, 0.5) is 27.8 Å². The van der Waals surface area contributed by atoms with Gasteiger partial charge < -0.3 is 20.1 Å². The summed E-state index contributed by atoms with van der Waals surface area (Å²) in [5.74, 6) is -5.41. The van der Waals surface area contributed by atoms with Crippen LogP contribution in [0.3, 0.4) is 0 Å². The van der Waals surface area contributed by atoms with Crippen molar-refractivity contribution in [2.24, 2.45) is 5.41 Å². The number of phenolic OH excluding ortho intramolecular Hbond substituents is 1. The third kappa shape index (κ3) is 5.38. The average molecular weight is 640 g/mol. The number of phenols is 1. The van der Waals surface area contributed by atoms with E-state index >= 15 is 8.78 Å². The molecule has 12 heteroatoms. The second kappa shape index (κ2) is 10.9. The van der Waals surface area contributed by atoms with Crippen LogP contribution in [-0.4, -0.2) is 77.3 Å². The fourth-order valence-corrected chi connectivity index (χ4v) is 7.60. The lowest BCUT2D eigenvalue weighted by Gasteiger charge is -2.35. The Kier molecular flexibility index (Phi) is 7.02. The molecule has 4 aliphatic rings. The Bertz CT molecular complexity index is 1840. The number of halogens is 5. The van der Waals surface area contributed by atoms with E-state index in [9.17, 15) is 18.3 Å². The van der Waals surface area contributed by atoms with Gasteiger partial charge in [0, 0.05) is 59.9 Å². The third-order valence-corrected chi connectivity index (χ3v) is 10.1. The second-order valence-corrected chi connectivity index (χ2v) is 13.6. The van der Waals surface area contributed by atoms with Gasteiger partial charge in [-0.3, -0.25) is 4.90 Å². The van der Waals surface area contributed by atoms with Crippen LogP contribution < -0.4 is 15.0 Å². The normalized spacial score (nSPS) is 23.7. The highest BCUT2D eigenvalue weighted by molar-refractivity contribution is 6.01. The summed E-state index contributed by atoms with van der Waals surface area (Å²) in [6.07, 6.45) is 4.04. The van der Waals surface area contributed by atoms with Crippen LogP contribution in [0.15, 0.2) is 36.4 Å². The van der Waals surface area contributed by atoms with Crippen LogP contribution in [0.2, 0.25) is 0 Å². The largest absolute Gasteiger partial charge is 0.508 e. The molecule has 4 fully saturated rings. The summed E-state index contributed by atoms with van der Waals surface area (Å²) in [6.45, 7) is 2.37. The number of piperidine rings is 1. The molecule has 3 aromatic carbocycles. The Morgan fingerprint density at radius 2 is 1.72 bits per heavy atom. The molecule has 3 aliphatic heterocycles. The van der Waals surface area contributed by atoms with E-state index < -0.39 is 23.4 Å². The van der Waals surface area contributed by atoms with Crippen molar-refractivity contribution in [3.63, 3.8) is 0 Å². The molecular weight excluding hydrogens is 605 g/mol. The Balaban J connectivity index is 1.19. The van der Waals surface area contributed by atoms with Gasteiger partial charge >= 0.3 is 6.01 Å². The highest BCUT2D eigenvalue weighted by Gasteiger charge is 2.47. The Morgan fingerprint density at radius 3 is 2.46 bits per heavy atom. The number of aromatic hydroxyl groups is 1. The molecule has 0 spiro atoms. The number of nitrogens with zero attached hydrogens (tertiary/aromatic N) is 4. The summed E-state index contributed by atoms with van der Waals surface area (Å²) < 4.78 is 80.4. The number of piperazine rings is 1. The topological polar surface area (TPSA) is 73.8 Å². The van der Waals surface area contributed by atoms with Crippen LogP contribution in [-0.2, 0) is 0 Å². The first-order chi connectivity index (χ1) is 22.1. The third-order valence-electron chi connectivity index (χ3n) is 10.1. The highest BCUT2D eigenvalue weighted by Crippen LogP contribution is 2.48. The molecule has 2 unspecified atom stereocenters. The predicted molar refractivity (Wildman–Crippen MR) is 164 cm³/mol. The molecule has 0 amide bonds. The lowest BCUT2D eigenvalue weighted by molar-refractivity contribution is -0.0694. The van der Waals surface area contributed by atoms with Gasteiger partial charge in [-0.2, -0.15) is 9.97 Å². The van der Waals surface area contributed by atoms with E-state index in [4.69, 9.17) is 9.72 Å². The van der Waals surface area contributed by atoms with E-state index in [2.05, 4.69) is 15.2 Å². The lowest BCUT2D eigenvalue weighted by atomic mass is 9.95. The van der Waals surface area contributed by atoms with E-state index in [1.807, 2.05) is 0 Å². The highest BCUT2D eigenvalue weighted by atomic mass is 19.3. The molecule has 242 valence electrons. The van der Waals surface area contributed by atoms with Gasteiger partial charge in [0.05, 0.1) is 13.2 Å². The van der Waals surface area contributed by atoms with Gasteiger partial charge in [0.1, 0.15) is 17.1 Å². The van der Waals surface area contributed by atoms with Crippen molar-refractivity contribution in [3.05, 3.63) is 53.8 Å². The summed E-state index contributed by atoms with van der Waals surface area (Å²) in [5.41, 5.74) is -0.414. The monoisotopic (exact) mass is 639 g/mol. The first-order valence-corrected chi connectivity index (χ1v) is 15.9. The SMILES string of the molecule is Oc1cc(-c2ccc3c(N4CC5CCC(C4)N5)nc(OCC4(CN5CCCC(F)(F)C5)CC4)nc3c2F)c2c(F)c(F)ccc2c1. The molecule has 2 atom stereocenters. The van der Waals surface area contributed by atoms with Crippen LogP contribution in [0.5, 0.6) is 11.8 Å². The van der Waals surface area contributed by atoms with E-state index in [1.165, 1.54) is 24.3 Å². The molecule has 7 nitrogen and oxygen atoms in total. The van der Waals surface area contributed by atoms with Crippen molar-refractivity contribution in [3.8, 4) is 22.9 Å². The van der Waals surface area contributed by atoms with E-state index in [1.54, 1.807) is 11.0 Å². The first-order valence-electron chi connectivity index (χ1n) is 15.9. The zero-order chi connectivity index (χ0) is 31.8. The van der Waals surface area contributed by atoms with Crippen LogP contribution in [0.1, 0.15) is 38.5 Å². The number of hydrogen-bond donors (Lipinski definition) is 2. The van der Waals surface area contributed by atoms with E-state index in [0.717, 1.165) is 31.7 Å². The van der Waals surface area contributed by atoms with Crippen molar-refractivity contribution in [1.82, 2.24) is 20.2 Å². The number of aromatic nitrogens is 2. The zero-order valence-corrected chi connectivity index (χ0v) is 25.1. The van der Waals surface area contributed by atoms with Crippen molar-refractivity contribution >= 4 is 27.5 Å². The van der Waals surface area contributed by atoms with Crippen LogP contribution in [0, 0.1) is 22.9 Å². The molecule has 8 rings (SSSR count). The van der Waals surface area contributed by atoms with Gasteiger partial charge in [0.15, 0.2) is 17.5 Å². The van der Waals surface area contributed by atoms with Crippen LogP contribution in [0.25, 0.3) is 32.8 Å². The molecule has 1 aliphatic carbocycles. The minimum Gasteiger partial charge on any atom is -0.508 e. The Labute approximate surface area is 262 Å². The molecule has 0 radical (unpaired) electrons. The fourth-order valence-electron chi connectivity index (χ4n) is 7.60. The maximum Gasteiger partial charge on any atom is 0.319 e. The molecule has 1 saturated carbocycles. The van der Waals surface area contributed by atoms with Crippen molar-refractivity contribution in [1.29, 1.82) is 0 Å². The van der Waals surface area contributed by atoms with Gasteiger partial charge in [-0.05, 0) is 73.9 Å². The molecule has 2 N–H and O–H groups in total. The number of rotatable bonds is 7. The molecular formula is C34H34F5N5O2. The summed E-state index contributed by atoms with van der Waals surface area (Å²) in [4.78, 5) is 13.2. The zero-order valence-electron chi connectivity index (χ0n) is 25.1. The summed E-state index contributed by atoms with van der Waals surface area (Å²) in [6, 6.07) is 8.46. The Morgan fingerprint density at radius 1 is 0.935 bits per heavy atom. The standard InChI is InChI=1S/C34H34F5N5O2/c35-26-7-2-19-12-22(45)13-25(27(19)29(26)37)23-5-6-24-30(28(23)36)41-32(42-31(24)44-14-20-3-4-21(15-44)40-20)46-18-33(9-10-33)16-43-11-1-8-34(38,39)17-43/h2,5-7,12-13,20-21,40,45H,1,3-4,8-11,14-18H2. The number of likely N-dealkylation sites (tertiary alicyclic amines) is 1. The van der Waals surface area contributed by atoms with Gasteiger partial charge in [-0.1, -0.05) is 12.1 Å². The number of nitrogens with one attached hydrogen (secondary N) is 1. The number of hydrogen-bond acceptors (Lipinski definition) is 7. The Hall–Kier alpha value is -3.77. The van der Waals surface area contributed by atoms with Crippen molar-refractivity contribution in [2.75, 3.05) is 44.2 Å². The molecule has 4 heterocycles. The summed E-state index contributed by atoms with van der Waals surface area (Å²) in [7, 11) is 0. The quantitative estimate of drug-likeness (QED) is 0.227. The minimum absolute atomic E-state index is 0.00971. The van der Waals surface area contributed by atoms with Gasteiger partial charge in [0.25, 0.3) is 5.92 Å². The molecule has 2 bridgehead atoms. The van der Waals surface area contributed by atoms with Crippen molar-refractivity contribution < 1.29 is 31.8 Å². The number of ether oxygens (including phenoxy) is 1. The maximum absolute atomic E-state index is 16.7.